The fourth-order valence-electron chi connectivity index (χ4n) is 4.32. The Bertz CT molecular complexity index is 832. The summed E-state index contributed by atoms with van der Waals surface area (Å²) in [4.78, 5) is 15.5. The largest absolute Gasteiger partial charge is 0.508 e. The van der Waals surface area contributed by atoms with Gasteiger partial charge in [-0.1, -0.05) is 42.5 Å². The molecule has 2 aliphatic rings. The van der Waals surface area contributed by atoms with Crippen molar-refractivity contribution in [2.45, 2.75) is 43.9 Å². The van der Waals surface area contributed by atoms with Gasteiger partial charge in [-0.15, -0.1) is 0 Å². The van der Waals surface area contributed by atoms with Crippen LogP contribution in [0.15, 0.2) is 54.6 Å². The highest BCUT2D eigenvalue weighted by Crippen LogP contribution is 2.36. The van der Waals surface area contributed by atoms with Crippen LogP contribution in [0.3, 0.4) is 0 Å². The highest BCUT2D eigenvalue weighted by atomic mass is 16.5. The summed E-state index contributed by atoms with van der Waals surface area (Å²) in [6.45, 7) is 0. The van der Waals surface area contributed by atoms with E-state index in [1.807, 2.05) is 42.5 Å². The number of phenolic OH excluding ortho intramolecular Hbond substituents is 1. The molecule has 0 aliphatic carbocycles. The second kappa shape index (κ2) is 7.57. The molecular formula is C23H25NO3. The number of phenols is 1. The molecule has 4 nitrogen and oxygen atoms in total. The Morgan fingerprint density at radius 3 is 2.44 bits per heavy atom. The van der Waals surface area contributed by atoms with Gasteiger partial charge in [0.2, 0.25) is 0 Å². The predicted octanol–water partition coefficient (Wildman–Crippen LogP) is 4.10. The molecule has 2 aliphatic heterocycles. The fourth-order valence-corrected chi connectivity index (χ4v) is 4.32. The van der Waals surface area contributed by atoms with Gasteiger partial charge in [-0.2, -0.15) is 0 Å². The van der Waals surface area contributed by atoms with Gasteiger partial charge in [0.15, 0.2) is 0 Å². The molecule has 1 N–H and O–H groups in total. The normalized spacial score (nSPS) is 25.4. The summed E-state index contributed by atoms with van der Waals surface area (Å²) in [6, 6.07) is 17.5. The van der Waals surface area contributed by atoms with Crippen molar-refractivity contribution < 1.29 is 14.6 Å². The number of hydrogen-bond acceptors (Lipinski definition) is 4. The zero-order chi connectivity index (χ0) is 18.8. The van der Waals surface area contributed by atoms with Crippen LogP contribution in [0, 0.1) is 0 Å². The second-order valence-corrected chi connectivity index (χ2v) is 7.57. The molecule has 0 spiro atoms. The van der Waals surface area contributed by atoms with Crippen LogP contribution >= 0.6 is 0 Å². The topological polar surface area (TPSA) is 49.8 Å². The van der Waals surface area contributed by atoms with Crippen LogP contribution in [-0.2, 0) is 9.53 Å². The molecule has 2 unspecified atom stereocenters. The van der Waals surface area contributed by atoms with Crippen molar-refractivity contribution in [2.24, 2.45) is 0 Å². The van der Waals surface area contributed by atoms with E-state index in [0.717, 1.165) is 18.4 Å². The first kappa shape index (κ1) is 17.8. The van der Waals surface area contributed by atoms with E-state index in [1.54, 1.807) is 18.2 Å². The Labute approximate surface area is 160 Å². The number of piperidine rings is 1. The Morgan fingerprint density at radius 1 is 1.07 bits per heavy atom. The first-order chi connectivity index (χ1) is 13.1. The van der Waals surface area contributed by atoms with E-state index >= 15 is 0 Å². The average molecular weight is 363 g/mol. The fraction of sp³-hybridized carbons (Fsp3) is 0.348. The lowest BCUT2D eigenvalue weighted by Gasteiger charge is -2.35. The molecule has 0 radical (unpaired) electrons. The zero-order valence-electron chi connectivity index (χ0n) is 15.5. The zero-order valence-corrected chi connectivity index (χ0v) is 15.5. The number of benzene rings is 2. The van der Waals surface area contributed by atoms with Gasteiger partial charge in [-0.3, -0.25) is 0 Å². The molecule has 2 heterocycles. The summed E-state index contributed by atoms with van der Waals surface area (Å²) in [6.07, 6.45) is 5.97. The highest BCUT2D eigenvalue weighted by Gasteiger charge is 2.40. The van der Waals surface area contributed by atoms with Gasteiger partial charge in [0, 0.05) is 24.9 Å². The number of esters is 1. The predicted molar refractivity (Wildman–Crippen MR) is 106 cm³/mol. The third kappa shape index (κ3) is 3.91. The molecule has 2 saturated heterocycles. The van der Waals surface area contributed by atoms with Crippen molar-refractivity contribution >= 4 is 17.6 Å². The third-order valence-corrected chi connectivity index (χ3v) is 5.82. The highest BCUT2D eigenvalue weighted by molar-refractivity contribution is 6.21. The van der Waals surface area contributed by atoms with E-state index in [9.17, 15) is 9.90 Å². The number of aromatic hydroxyl groups is 1. The minimum atomic E-state index is -0.321. The summed E-state index contributed by atoms with van der Waals surface area (Å²) in [5.41, 5.74) is 2.07. The molecule has 0 amide bonds. The van der Waals surface area contributed by atoms with Gasteiger partial charge in [0.25, 0.3) is 0 Å². The van der Waals surface area contributed by atoms with E-state index in [4.69, 9.17) is 4.74 Å². The minimum absolute atomic E-state index is 0.0392. The standard InChI is InChI=1S/C23H25NO3/c1-24-18-10-11-19(24)15-21(14-18)27-23(26)22(12-16-6-3-2-4-7-16)17-8-5-9-20(25)13-17/h2-9,12-13,18-19,21,25H,10-11,14-15H2,1H3/b22-12+. The lowest BCUT2D eigenvalue weighted by atomic mass is 9.99. The first-order valence-corrected chi connectivity index (χ1v) is 9.59. The molecule has 4 heteroatoms. The second-order valence-electron chi connectivity index (χ2n) is 7.57. The molecule has 27 heavy (non-hydrogen) atoms. The van der Waals surface area contributed by atoms with Crippen molar-refractivity contribution in [1.29, 1.82) is 0 Å². The van der Waals surface area contributed by atoms with E-state index in [0.29, 0.717) is 23.2 Å². The molecule has 2 aromatic carbocycles. The maximum atomic E-state index is 13.1. The van der Waals surface area contributed by atoms with E-state index < -0.39 is 0 Å². The first-order valence-electron chi connectivity index (χ1n) is 9.59. The summed E-state index contributed by atoms with van der Waals surface area (Å²) in [7, 11) is 2.17. The SMILES string of the molecule is CN1C2CCC1CC(OC(=O)/C(=C/c1ccccc1)c1cccc(O)c1)C2. The number of hydrogen-bond donors (Lipinski definition) is 1. The number of rotatable bonds is 4. The van der Waals surface area contributed by atoms with Crippen LogP contribution in [0.1, 0.15) is 36.8 Å². The molecule has 2 atom stereocenters. The Balaban J connectivity index is 1.59. The molecule has 0 saturated carbocycles. The van der Waals surface area contributed by atoms with Gasteiger partial charge in [-0.25, -0.2) is 4.79 Å². The van der Waals surface area contributed by atoms with Gasteiger partial charge in [0.05, 0.1) is 5.57 Å². The van der Waals surface area contributed by atoms with Crippen molar-refractivity contribution in [3.05, 3.63) is 65.7 Å². The summed E-state index contributed by atoms with van der Waals surface area (Å²) >= 11 is 0. The lowest BCUT2D eigenvalue weighted by molar-refractivity contribution is -0.144. The molecular weight excluding hydrogens is 338 g/mol. The van der Waals surface area contributed by atoms with Crippen molar-refractivity contribution in [2.75, 3.05) is 7.05 Å². The molecule has 0 aromatic heterocycles. The molecule has 2 bridgehead atoms. The van der Waals surface area contributed by atoms with E-state index in [1.165, 1.54) is 12.8 Å². The number of nitrogens with zero attached hydrogens (tertiary/aromatic N) is 1. The number of carbonyl (C=O) groups is 1. The smallest absolute Gasteiger partial charge is 0.339 e. The monoisotopic (exact) mass is 363 g/mol. The Morgan fingerprint density at radius 2 is 1.78 bits per heavy atom. The maximum absolute atomic E-state index is 13.1. The summed E-state index contributed by atoms with van der Waals surface area (Å²) < 4.78 is 5.93. The van der Waals surface area contributed by atoms with Gasteiger partial charge >= 0.3 is 5.97 Å². The van der Waals surface area contributed by atoms with E-state index in [-0.39, 0.29) is 17.8 Å². The third-order valence-electron chi connectivity index (χ3n) is 5.82. The van der Waals surface area contributed by atoms with Crippen molar-refractivity contribution in [3.63, 3.8) is 0 Å². The molecule has 2 fully saturated rings. The Kier molecular flexibility index (Phi) is 4.99. The van der Waals surface area contributed by atoms with Crippen molar-refractivity contribution in [3.8, 4) is 5.75 Å². The van der Waals surface area contributed by atoms with E-state index in [2.05, 4.69) is 11.9 Å². The quantitative estimate of drug-likeness (QED) is 0.505. The van der Waals surface area contributed by atoms with Gasteiger partial charge in [0.1, 0.15) is 11.9 Å². The van der Waals surface area contributed by atoms with Crippen LogP contribution in [0.2, 0.25) is 0 Å². The minimum Gasteiger partial charge on any atom is -0.508 e. The summed E-state index contributed by atoms with van der Waals surface area (Å²) in [5, 5.41) is 9.85. The van der Waals surface area contributed by atoms with Crippen LogP contribution in [0.25, 0.3) is 11.6 Å². The lowest BCUT2D eigenvalue weighted by Crippen LogP contribution is -2.43. The van der Waals surface area contributed by atoms with Crippen LogP contribution in [-0.4, -0.2) is 41.2 Å². The summed E-state index contributed by atoms with van der Waals surface area (Å²) in [5.74, 6) is -0.185. The molecule has 140 valence electrons. The van der Waals surface area contributed by atoms with Crippen LogP contribution in [0.5, 0.6) is 5.75 Å². The van der Waals surface area contributed by atoms with Gasteiger partial charge in [-0.05, 0) is 49.2 Å². The number of ether oxygens (including phenoxy) is 1. The van der Waals surface area contributed by atoms with Crippen LogP contribution in [0.4, 0.5) is 0 Å². The molecule has 2 aromatic rings. The number of carbonyl (C=O) groups excluding carboxylic acids is 1. The van der Waals surface area contributed by atoms with Crippen LogP contribution < -0.4 is 0 Å². The maximum Gasteiger partial charge on any atom is 0.339 e. The molecule has 4 rings (SSSR count). The van der Waals surface area contributed by atoms with Gasteiger partial charge < -0.3 is 14.7 Å². The average Bonchev–Trinajstić information content (AvgIpc) is 2.88. The Hall–Kier alpha value is -2.59. The van der Waals surface area contributed by atoms with Crippen molar-refractivity contribution in [1.82, 2.24) is 4.90 Å². The number of fused-ring (bicyclic) bond motifs is 2.